The quantitative estimate of drug-likeness (QED) is 0.611. The second kappa shape index (κ2) is 2.88. The van der Waals surface area contributed by atoms with Gasteiger partial charge >= 0.3 is 0 Å². The molecule has 1 radical (unpaired) electrons. The van der Waals surface area contributed by atoms with E-state index in [0.717, 1.165) is 0 Å². The zero-order chi connectivity index (χ0) is 7.56. The molecule has 0 aliphatic rings. The summed E-state index contributed by atoms with van der Waals surface area (Å²) < 4.78 is 17.2. The molecule has 1 rings (SSSR count). The Morgan fingerprint density at radius 3 is 2.90 bits per heavy atom. The molecule has 0 bridgehead atoms. The zero-order valence-electron chi connectivity index (χ0n) is 5.32. The molecule has 1 nitrogen and oxygen atoms in total. The van der Waals surface area contributed by atoms with Crippen molar-refractivity contribution in [1.82, 2.24) is 0 Å². The molecule has 0 unspecified atom stereocenters. The van der Waals surface area contributed by atoms with Gasteiger partial charge in [-0.05, 0) is 6.07 Å². The summed E-state index contributed by atoms with van der Waals surface area (Å²) in [5.74, 6) is -0.403. The maximum Gasteiger partial charge on any atom is 0.173 e. The molecule has 0 fully saturated rings. The molecule has 1 aromatic carbocycles. The molecule has 3 heteroatoms. The van der Waals surface area contributed by atoms with Gasteiger partial charge in [0.15, 0.2) is 11.6 Å². The highest BCUT2D eigenvalue weighted by Gasteiger charge is 2.00. The predicted octanol–water partition coefficient (Wildman–Crippen LogP) is 2.29. The Morgan fingerprint density at radius 1 is 1.70 bits per heavy atom. The minimum atomic E-state index is -0.521. The van der Waals surface area contributed by atoms with Crippen LogP contribution < -0.4 is 4.74 Å². The van der Waals surface area contributed by atoms with Crippen molar-refractivity contribution in [1.29, 1.82) is 0 Å². The lowest BCUT2D eigenvalue weighted by Crippen LogP contribution is -1.86. The molecule has 53 valence electrons. The first-order valence-electron chi connectivity index (χ1n) is 2.65. The Labute approximate surface area is 63.4 Å². The fourth-order valence-corrected chi connectivity index (χ4v) is 0.736. The summed E-state index contributed by atoms with van der Waals surface area (Å²) in [6, 6.07) is 5.04. The van der Waals surface area contributed by atoms with Crippen molar-refractivity contribution in [3.05, 3.63) is 29.0 Å². The third kappa shape index (κ3) is 1.39. The number of ether oxygens (including phenoxy) is 1. The van der Waals surface area contributed by atoms with Crippen molar-refractivity contribution in [2.24, 2.45) is 0 Å². The Morgan fingerprint density at radius 2 is 2.40 bits per heavy atom. The van der Waals surface area contributed by atoms with Crippen LogP contribution in [-0.4, -0.2) is 7.11 Å². The second-order valence-corrected chi connectivity index (χ2v) is 2.14. The summed E-state index contributed by atoms with van der Waals surface area (Å²) in [6.07, 6.45) is 0. The monoisotopic (exact) mass is 159 g/mol. The van der Waals surface area contributed by atoms with Crippen LogP contribution in [0, 0.1) is 11.9 Å². The molecule has 0 spiro atoms. The van der Waals surface area contributed by atoms with Gasteiger partial charge < -0.3 is 4.74 Å². The van der Waals surface area contributed by atoms with Gasteiger partial charge in [-0.25, -0.2) is 4.39 Å². The van der Waals surface area contributed by atoms with E-state index < -0.39 is 5.82 Å². The van der Waals surface area contributed by atoms with Gasteiger partial charge in [0.1, 0.15) is 0 Å². The highest BCUT2D eigenvalue weighted by atomic mass is 35.5. The lowest BCUT2D eigenvalue weighted by Gasteiger charge is -1.99. The molecule has 0 N–H and O–H groups in total. The van der Waals surface area contributed by atoms with Crippen molar-refractivity contribution < 1.29 is 9.13 Å². The van der Waals surface area contributed by atoms with Crippen LogP contribution >= 0.6 is 11.6 Å². The Hall–Kier alpha value is -0.760. The fraction of sp³-hybridized carbons (Fsp3) is 0.143. The van der Waals surface area contributed by atoms with E-state index in [1.54, 1.807) is 0 Å². The summed E-state index contributed by atoms with van der Waals surface area (Å²) in [4.78, 5) is 0. The van der Waals surface area contributed by atoms with E-state index in [1.807, 2.05) is 0 Å². The Bertz CT molecular complexity index is 237. The van der Waals surface area contributed by atoms with Gasteiger partial charge in [0.05, 0.1) is 7.11 Å². The van der Waals surface area contributed by atoms with Crippen LogP contribution in [0.5, 0.6) is 5.75 Å². The number of hydrogen-bond donors (Lipinski definition) is 0. The Kier molecular flexibility index (Phi) is 2.12. The first kappa shape index (κ1) is 7.35. The van der Waals surface area contributed by atoms with Gasteiger partial charge in [-0.2, -0.15) is 0 Å². The van der Waals surface area contributed by atoms with Gasteiger partial charge in [-0.15, -0.1) is 0 Å². The maximum absolute atomic E-state index is 12.5. The zero-order valence-corrected chi connectivity index (χ0v) is 6.07. The maximum atomic E-state index is 12.5. The first-order valence-corrected chi connectivity index (χ1v) is 3.02. The normalized spacial score (nSPS) is 9.50. The average molecular weight is 160 g/mol. The predicted molar refractivity (Wildman–Crippen MR) is 36.8 cm³/mol. The minimum absolute atomic E-state index is 0.118. The third-order valence-corrected chi connectivity index (χ3v) is 1.26. The highest BCUT2D eigenvalue weighted by molar-refractivity contribution is 6.30. The number of hydrogen-bond acceptors (Lipinski definition) is 1. The molecule has 0 atom stereocenters. The van der Waals surface area contributed by atoms with Crippen LogP contribution in [0.15, 0.2) is 12.1 Å². The van der Waals surface area contributed by atoms with Crippen LogP contribution in [0.1, 0.15) is 0 Å². The topological polar surface area (TPSA) is 9.23 Å². The van der Waals surface area contributed by atoms with Crippen LogP contribution in [0.3, 0.4) is 0 Å². The van der Waals surface area contributed by atoms with Crippen molar-refractivity contribution in [2.75, 3.05) is 7.11 Å². The average Bonchev–Trinajstić information content (AvgIpc) is 1.94. The molecule has 0 heterocycles. The largest absolute Gasteiger partial charge is 0.494 e. The lowest BCUT2D eigenvalue weighted by molar-refractivity contribution is 0.386. The van der Waals surface area contributed by atoms with Crippen molar-refractivity contribution in [2.45, 2.75) is 0 Å². The van der Waals surface area contributed by atoms with Crippen LogP contribution in [0.4, 0.5) is 4.39 Å². The van der Waals surface area contributed by atoms with E-state index in [4.69, 9.17) is 11.6 Å². The Balaban J connectivity index is 3.09. The van der Waals surface area contributed by atoms with E-state index >= 15 is 0 Å². The molecular weight excluding hydrogens is 155 g/mol. The molecule has 0 aliphatic heterocycles. The van der Waals surface area contributed by atoms with Gasteiger partial charge in [0.25, 0.3) is 0 Å². The van der Waals surface area contributed by atoms with E-state index in [2.05, 4.69) is 10.8 Å². The summed E-state index contributed by atoms with van der Waals surface area (Å²) in [5.41, 5.74) is 0. The van der Waals surface area contributed by atoms with Crippen molar-refractivity contribution in [3.63, 3.8) is 0 Å². The van der Waals surface area contributed by atoms with Crippen LogP contribution in [0.25, 0.3) is 0 Å². The SMILES string of the molecule is COc1cc(Cl)c[c]c1F. The van der Waals surface area contributed by atoms with E-state index in [9.17, 15) is 4.39 Å². The number of methoxy groups -OCH3 is 1. The smallest absolute Gasteiger partial charge is 0.173 e. The standard InChI is InChI=1S/C7H5ClFO/c1-10-7-4-5(8)2-3-6(7)9/h2,4H,1H3. The van der Waals surface area contributed by atoms with E-state index in [0.29, 0.717) is 5.02 Å². The molecule has 0 saturated carbocycles. The van der Waals surface area contributed by atoms with Gasteiger partial charge in [0.2, 0.25) is 0 Å². The second-order valence-electron chi connectivity index (χ2n) is 1.70. The van der Waals surface area contributed by atoms with E-state index in [-0.39, 0.29) is 5.75 Å². The summed E-state index contributed by atoms with van der Waals surface area (Å²) in [6.45, 7) is 0. The van der Waals surface area contributed by atoms with Crippen LogP contribution in [0.2, 0.25) is 5.02 Å². The molecular formula is C7H5ClFO. The number of halogens is 2. The van der Waals surface area contributed by atoms with Gasteiger partial charge in [-0.1, -0.05) is 11.6 Å². The van der Waals surface area contributed by atoms with Crippen molar-refractivity contribution in [3.8, 4) is 5.75 Å². The summed E-state index contributed by atoms with van der Waals surface area (Å²) in [5, 5.41) is 0.415. The molecule has 10 heavy (non-hydrogen) atoms. The highest BCUT2D eigenvalue weighted by Crippen LogP contribution is 2.20. The first-order chi connectivity index (χ1) is 4.74. The summed E-state index contributed by atoms with van der Waals surface area (Å²) >= 11 is 5.52. The minimum Gasteiger partial charge on any atom is -0.494 e. The fourth-order valence-electron chi connectivity index (χ4n) is 0.582. The third-order valence-electron chi connectivity index (χ3n) is 1.04. The van der Waals surface area contributed by atoms with Gasteiger partial charge in [0, 0.05) is 17.2 Å². The molecule has 0 amide bonds. The van der Waals surface area contributed by atoms with Gasteiger partial charge in [-0.3, -0.25) is 0 Å². The summed E-state index contributed by atoms with van der Waals surface area (Å²) in [7, 11) is 1.38. The van der Waals surface area contributed by atoms with E-state index in [1.165, 1.54) is 19.2 Å². The molecule has 0 saturated heterocycles. The molecule has 1 aromatic rings. The molecule has 0 aliphatic carbocycles. The van der Waals surface area contributed by atoms with Crippen LogP contribution in [-0.2, 0) is 0 Å². The van der Waals surface area contributed by atoms with Crippen molar-refractivity contribution >= 4 is 11.6 Å². The lowest BCUT2D eigenvalue weighted by atomic mass is 10.3. The molecule has 0 aromatic heterocycles. The number of rotatable bonds is 1. The number of benzene rings is 1.